The summed E-state index contributed by atoms with van der Waals surface area (Å²) in [4.78, 5) is 14.3. The summed E-state index contributed by atoms with van der Waals surface area (Å²) in [5.41, 5.74) is 1.94. The van der Waals surface area contributed by atoms with Crippen molar-refractivity contribution in [2.75, 3.05) is 20.8 Å². The third kappa shape index (κ3) is 4.57. The fraction of sp³-hybridized carbons (Fsp3) is 0.316. The SMILES string of the molecule is COc1cccc(CC(=O)N(C)C(CCO)c2ccccc2)c1. The van der Waals surface area contributed by atoms with E-state index in [1.54, 1.807) is 19.1 Å². The van der Waals surface area contributed by atoms with Gasteiger partial charge >= 0.3 is 0 Å². The van der Waals surface area contributed by atoms with Gasteiger partial charge in [0.25, 0.3) is 0 Å². The summed E-state index contributed by atoms with van der Waals surface area (Å²) in [7, 11) is 3.40. The molecule has 23 heavy (non-hydrogen) atoms. The first-order chi connectivity index (χ1) is 11.2. The maximum absolute atomic E-state index is 12.6. The van der Waals surface area contributed by atoms with E-state index in [4.69, 9.17) is 4.74 Å². The van der Waals surface area contributed by atoms with Gasteiger partial charge in [0.2, 0.25) is 5.91 Å². The maximum atomic E-state index is 12.6. The second-order valence-electron chi connectivity index (χ2n) is 5.47. The molecule has 0 saturated heterocycles. The summed E-state index contributed by atoms with van der Waals surface area (Å²) in [6, 6.07) is 17.2. The summed E-state index contributed by atoms with van der Waals surface area (Å²) < 4.78 is 5.19. The molecule has 0 bridgehead atoms. The molecule has 0 saturated carbocycles. The monoisotopic (exact) mass is 313 g/mol. The lowest BCUT2D eigenvalue weighted by Crippen LogP contribution is -2.33. The van der Waals surface area contributed by atoms with Gasteiger partial charge in [-0.3, -0.25) is 4.79 Å². The van der Waals surface area contributed by atoms with E-state index in [-0.39, 0.29) is 18.6 Å². The van der Waals surface area contributed by atoms with Crippen LogP contribution in [0.5, 0.6) is 5.75 Å². The largest absolute Gasteiger partial charge is 0.497 e. The van der Waals surface area contributed by atoms with E-state index >= 15 is 0 Å². The number of aliphatic hydroxyl groups excluding tert-OH is 1. The Bertz CT molecular complexity index is 628. The van der Waals surface area contributed by atoms with Crippen LogP contribution in [0.4, 0.5) is 0 Å². The highest BCUT2D eigenvalue weighted by Gasteiger charge is 2.21. The molecule has 1 amide bonds. The number of aliphatic hydroxyl groups is 1. The Hall–Kier alpha value is -2.33. The molecule has 1 unspecified atom stereocenters. The smallest absolute Gasteiger partial charge is 0.227 e. The number of benzene rings is 2. The Balaban J connectivity index is 2.12. The summed E-state index contributed by atoms with van der Waals surface area (Å²) >= 11 is 0. The first-order valence-corrected chi connectivity index (χ1v) is 7.70. The van der Waals surface area contributed by atoms with Crippen LogP contribution in [0.1, 0.15) is 23.6 Å². The Morgan fingerprint density at radius 2 is 1.91 bits per heavy atom. The number of nitrogens with zero attached hydrogens (tertiary/aromatic N) is 1. The first kappa shape index (κ1) is 17.0. The molecule has 4 heteroatoms. The maximum Gasteiger partial charge on any atom is 0.227 e. The van der Waals surface area contributed by atoms with Crippen molar-refractivity contribution in [3.8, 4) is 5.75 Å². The molecule has 4 nitrogen and oxygen atoms in total. The van der Waals surface area contributed by atoms with Crippen LogP contribution in [0.3, 0.4) is 0 Å². The zero-order valence-corrected chi connectivity index (χ0v) is 13.6. The number of ether oxygens (including phenoxy) is 1. The fourth-order valence-corrected chi connectivity index (χ4v) is 2.64. The third-order valence-corrected chi connectivity index (χ3v) is 3.94. The average molecular weight is 313 g/mol. The van der Waals surface area contributed by atoms with Gasteiger partial charge in [0.05, 0.1) is 19.6 Å². The number of hydrogen-bond acceptors (Lipinski definition) is 3. The minimum absolute atomic E-state index is 0.0144. The van der Waals surface area contributed by atoms with E-state index in [1.165, 1.54) is 0 Å². The second kappa shape index (κ2) is 8.34. The van der Waals surface area contributed by atoms with Crippen molar-refractivity contribution in [1.29, 1.82) is 0 Å². The summed E-state index contributed by atoms with van der Waals surface area (Å²) in [6.45, 7) is 0.0380. The number of methoxy groups -OCH3 is 1. The standard InChI is InChI=1S/C19H23NO3/c1-20(18(11-12-21)16-8-4-3-5-9-16)19(22)14-15-7-6-10-17(13-15)23-2/h3-10,13,18,21H,11-12,14H2,1-2H3. The van der Waals surface area contributed by atoms with Gasteiger partial charge in [0, 0.05) is 13.7 Å². The second-order valence-corrected chi connectivity index (χ2v) is 5.47. The molecule has 2 aromatic rings. The number of rotatable bonds is 7. The van der Waals surface area contributed by atoms with Crippen LogP contribution in [0, 0.1) is 0 Å². The van der Waals surface area contributed by atoms with Crippen molar-refractivity contribution in [2.24, 2.45) is 0 Å². The van der Waals surface area contributed by atoms with Gasteiger partial charge in [-0.25, -0.2) is 0 Å². The molecule has 2 rings (SSSR count). The van der Waals surface area contributed by atoms with Gasteiger partial charge in [-0.2, -0.15) is 0 Å². The van der Waals surface area contributed by atoms with Crippen LogP contribution in [0.25, 0.3) is 0 Å². The van der Waals surface area contributed by atoms with Crippen LogP contribution in [-0.2, 0) is 11.2 Å². The van der Waals surface area contributed by atoms with Crippen molar-refractivity contribution in [2.45, 2.75) is 18.9 Å². The zero-order valence-electron chi connectivity index (χ0n) is 13.6. The topological polar surface area (TPSA) is 49.8 Å². The minimum atomic E-state index is -0.126. The normalized spacial score (nSPS) is 11.8. The highest BCUT2D eigenvalue weighted by Crippen LogP contribution is 2.24. The molecule has 0 aromatic heterocycles. The van der Waals surface area contributed by atoms with Crippen LogP contribution in [0.15, 0.2) is 54.6 Å². The highest BCUT2D eigenvalue weighted by molar-refractivity contribution is 5.79. The quantitative estimate of drug-likeness (QED) is 0.855. The van der Waals surface area contributed by atoms with Crippen molar-refractivity contribution in [3.05, 3.63) is 65.7 Å². The summed E-state index contributed by atoms with van der Waals surface area (Å²) in [5, 5.41) is 9.33. The van der Waals surface area contributed by atoms with Gasteiger partial charge in [-0.05, 0) is 29.7 Å². The molecule has 0 spiro atoms. The highest BCUT2D eigenvalue weighted by atomic mass is 16.5. The Kier molecular flexibility index (Phi) is 6.18. The molecule has 0 aliphatic heterocycles. The average Bonchev–Trinajstić information content (AvgIpc) is 2.60. The van der Waals surface area contributed by atoms with Crippen molar-refractivity contribution in [1.82, 2.24) is 4.90 Å². The molecule has 1 N–H and O–H groups in total. The van der Waals surface area contributed by atoms with E-state index in [0.717, 1.165) is 16.9 Å². The van der Waals surface area contributed by atoms with E-state index in [9.17, 15) is 9.90 Å². The van der Waals surface area contributed by atoms with Crippen LogP contribution in [0.2, 0.25) is 0 Å². The number of carbonyl (C=O) groups is 1. The Morgan fingerprint density at radius 3 is 2.57 bits per heavy atom. The van der Waals surface area contributed by atoms with Crippen LogP contribution >= 0.6 is 0 Å². The van der Waals surface area contributed by atoms with Crippen molar-refractivity contribution in [3.63, 3.8) is 0 Å². The van der Waals surface area contributed by atoms with E-state index in [1.807, 2.05) is 54.6 Å². The van der Waals surface area contributed by atoms with Crippen LogP contribution in [-0.4, -0.2) is 36.7 Å². The van der Waals surface area contributed by atoms with Gasteiger partial charge in [-0.15, -0.1) is 0 Å². The lowest BCUT2D eigenvalue weighted by molar-refractivity contribution is -0.131. The molecule has 2 aromatic carbocycles. The van der Waals surface area contributed by atoms with Crippen molar-refractivity contribution < 1.29 is 14.6 Å². The predicted octanol–water partition coefficient (Wildman–Crippen LogP) is 2.82. The molecular formula is C19H23NO3. The zero-order chi connectivity index (χ0) is 16.7. The number of carbonyl (C=O) groups excluding carboxylic acids is 1. The lowest BCUT2D eigenvalue weighted by atomic mass is 10.0. The predicted molar refractivity (Wildman–Crippen MR) is 90.4 cm³/mol. The summed E-state index contributed by atoms with van der Waals surface area (Å²) in [6.07, 6.45) is 0.826. The van der Waals surface area contributed by atoms with Gasteiger partial charge < -0.3 is 14.7 Å². The number of amides is 1. The lowest BCUT2D eigenvalue weighted by Gasteiger charge is -2.28. The molecule has 0 aliphatic carbocycles. The van der Waals surface area contributed by atoms with E-state index in [2.05, 4.69) is 0 Å². The van der Waals surface area contributed by atoms with Crippen LogP contribution < -0.4 is 4.74 Å². The van der Waals surface area contributed by atoms with Gasteiger partial charge in [0.15, 0.2) is 0 Å². The number of likely N-dealkylation sites (N-methyl/N-ethyl adjacent to an activating group) is 1. The minimum Gasteiger partial charge on any atom is -0.497 e. The molecule has 122 valence electrons. The van der Waals surface area contributed by atoms with E-state index in [0.29, 0.717) is 12.8 Å². The summed E-state index contributed by atoms with van der Waals surface area (Å²) in [5.74, 6) is 0.758. The van der Waals surface area contributed by atoms with Crippen molar-refractivity contribution >= 4 is 5.91 Å². The molecular weight excluding hydrogens is 290 g/mol. The Morgan fingerprint density at radius 1 is 1.17 bits per heavy atom. The Labute approximate surface area is 137 Å². The third-order valence-electron chi connectivity index (χ3n) is 3.94. The molecule has 0 aliphatic rings. The number of hydrogen-bond donors (Lipinski definition) is 1. The molecule has 0 radical (unpaired) electrons. The molecule has 1 atom stereocenters. The van der Waals surface area contributed by atoms with Gasteiger partial charge in [0.1, 0.15) is 5.75 Å². The van der Waals surface area contributed by atoms with Gasteiger partial charge in [-0.1, -0.05) is 42.5 Å². The molecule has 0 heterocycles. The first-order valence-electron chi connectivity index (χ1n) is 7.70. The molecule has 0 fully saturated rings. The van der Waals surface area contributed by atoms with E-state index < -0.39 is 0 Å². The fourth-order valence-electron chi connectivity index (χ4n) is 2.64.